The summed E-state index contributed by atoms with van der Waals surface area (Å²) in [5.41, 5.74) is -0.0110. The minimum absolute atomic E-state index is 0.0110. The van der Waals surface area contributed by atoms with E-state index >= 15 is 0 Å². The van der Waals surface area contributed by atoms with Gasteiger partial charge in [-0.25, -0.2) is 9.97 Å². The van der Waals surface area contributed by atoms with Gasteiger partial charge in [-0.15, -0.1) is 0 Å². The lowest BCUT2D eigenvalue weighted by Crippen LogP contribution is -2.31. The first-order valence-corrected chi connectivity index (χ1v) is 6.78. The number of fused-ring (bicyclic) bond motifs is 2. The third-order valence-electron chi connectivity index (χ3n) is 3.77. The highest BCUT2D eigenvalue weighted by Crippen LogP contribution is 2.35. The van der Waals surface area contributed by atoms with E-state index in [1.165, 1.54) is 12.8 Å². The van der Waals surface area contributed by atoms with Gasteiger partial charge in [-0.2, -0.15) is 0 Å². The summed E-state index contributed by atoms with van der Waals surface area (Å²) in [5.74, 6) is 1.81. The summed E-state index contributed by atoms with van der Waals surface area (Å²) < 4.78 is 5.85. The predicted octanol–water partition coefficient (Wildman–Crippen LogP) is 2.51. The van der Waals surface area contributed by atoms with Crippen LogP contribution in [0, 0.1) is 0 Å². The molecule has 3 heterocycles. The van der Waals surface area contributed by atoms with Crippen molar-refractivity contribution < 1.29 is 4.74 Å². The molecule has 2 bridgehead atoms. The fourth-order valence-electron chi connectivity index (χ4n) is 2.78. The molecule has 2 aliphatic rings. The summed E-state index contributed by atoms with van der Waals surface area (Å²) >= 11 is 0. The Morgan fingerprint density at radius 2 is 2.17 bits per heavy atom. The zero-order valence-corrected chi connectivity index (χ0v) is 11.3. The molecular formula is C14H21N3O. The predicted molar refractivity (Wildman–Crippen MR) is 70.7 cm³/mol. The quantitative estimate of drug-likeness (QED) is 0.872. The number of rotatable bonds is 2. The third-order valence-corrected chi connectivity index (χ3v) is 3.77. The maximum absolute atomic E-state index is 5.85. The Labute approximate surface area is 108 Å². The van der Waals surface area contributed by atoms with Gasteiger partial charge in [-0.1, -0.05) is 20.8 Å². The molecule has 1 aromatic rings. The van der Waals surface area contributed by atoms with Crippen LogP contribution < -0.4 is 5.32 Å². The number of aromatic nitrogens is 2. The van der Waals surface area contributed by atoms with Crippen LogP contribution in [0.1, 0.15) is 45.9 Å². The summed E-state index contributed by atoms with van der Waals surface area (Å²) in [6, 6.07) is 2.37. The van der Waals surface area contributed by atoms with Crippen molar-refractivity contribution in [2.75, 3.05) is 5.32 Å². The average Bonchev–Trinajstić information content (AvgIpc) is 2.90. The first-order valence-electron chi connectivity index (χ1n) is 6.78. The van der Waals surface area contributed by atoms with Gasteiger partial charge < -0.3 is 10.1 Å². The normalized spacial score (nSPS) is 30.7. The van der Waals surface area contributed by atoms with Gasteiger partial charge in [0.05, 0.1) is 18.2 Å². The van der Waals surface area contributed by atoms with Gasteiger partial charge in [0.25, 0.3) is 0 Å². The molecule has 0 aliphatic carbocycles. The van der Waals surface area contributed by atoms with E-state index in [0.29, 0.717) is 18.2 Å². The summed E-state index contributed by atoms with van der Waals surface area (Å²) in [7, 11) is 0. The van der Waals surface area contributed by atoms with E-state index in [1.54, 1.807) is 0 Å². The number of hydrogen-bond acceptors (Lipinski definition) is 4. The third kappa shape index (κ3) is 2.21. The molecule has 4 nitrogen and oxygen atoms in total. The van der Waals surface area contributed by atoms with Crippen molar-refractivity contribution in [3.63, 3.8) is 0 Å². The molecule has 3 rings (SSSR count). The average molecular weight is 247 g/mol. The first-order chi connectivity index (χ1) is 8.52. The van der Waals surface area contributed by atoms with Crippen molar-refractivity contribution in [3.05, 3.63) is 18.1 Å². The Kier molecular flexibility index (Phi) is 2.77. The fraction of sp³-hybridized carbons (Fsp3) is 0.714. The molecule has 4 heteroatoms. The van der Waals surface area contributed by atoms with Crippen molar-refractivity contribution in [2.24, 2.45) is 0 Å². The second-order valence-corrected chi connectivity index (χ2v) is 6.38. The highest BCUT2D eigenvalue weighted by molar-refractivity contribution is 5.36. The maximum atomic E-state index is 5.85. The molecule has 0 unspecified atom stereocenters. The van der Waals surface area contributed by atoms with E-state index in [9.17, 15) is 0 Å². The molecule has 0 spiro atoms. The van der Waals surface area contributed by atoms with E-state index in [-0.39, 0.29) is 5.41 Å². The minimum Gasteiger partial charge on any atom is -0.373 e. The standard InChI is InChI=1S/C14H21N3O/c1-14(2,3)13-15-7-6-12(17-13)16-10-8-9-4-5-11(10)18-9/h6-7,9-11H,4-5,8H2,1-3H3,(H,15,16,17)/t9-,10+,11-/m1/s1. The molecular weight excluding hydrogens is 226 g/mol. The van der Waals surface area contributed by atoms with E-state index in [1.807, 2.05) is 12.3 Å². The molecule has 18 heavy (non-hydrogen) atoms. The van der Waals surface area contributed by atoms with Crippen molar-refractivity contribution in [1.29, 1.82) is 0 Å². The molecule has 2 aliphatic heterocycles. The Bertz CT molecular complexity index is 441. The van der Waals surface area contributed by atoms with Crippen LogP contribution in [0.2, 0.25) is 0 Å². The van der Waals surface area contributed by atoms with Gasteiger partial charge in [-0.05, 0) is 25.3 Å². The second kappa shape index (κ2) is 4.19. The smallest absolute Gasteiger partial charge is 0.135 e. The van der Waals surface area contributed by atoms with Gasteiger partial charge in [0.2, 0.25) is 0 Å². The van der Waals surface area contributed by atoms with Crippen molar-refractivity contribution >= 4 is 5.82 Å². The van der Waals surface area contributed by atoms with Crippen LogP contribution in [0.25, 0.3) is 0 Å². The monoisotopic (exact) mass is 247 g/mol. The fourth-order valence-corrected chi connectivity index (χ4v) is 2.78. The van der Waals surface area contributed by atoms with Crippen LogP contribution in [0.5, 0.6) is 0 Å². The second-order valence-electron chi connectivity index (χ2n) is 6.38. The highest BCUT2D eigenvalue weighted by atomic mass is 16.5. The van der Waals surface area contributed by atoms with Gasteiger partial charge in [0, 0.05) is 11.6 Å². The topological polar surface area (TPSA) is 47.0 Å². The van der Waals surface area contributed by atoms with Crippen molar-refractivity contribution in [2.45, 2.75) is 63.7 Å². The molecule has 0 amide bonds. The zero-order chi connectivity index (χ0) is 12.8. The Balaban J connectivity index is 1.73. The summed E-state index contributed by atoms with van der Waals surface area (Å²) in [6.45, 7) is 6.40. The molecule has 0 radical (unpaired) electrons. The van der Waals surface area contributed by atoms with Crippen LogP contribution >= 0.6 is 0 Å². The van der Waals surface area contributed by atoms with Gasteiger partial charge in [0.15, 0.2) is 0 Å². The van der Waals surface area contributed by atoms with Crippen LogP contribution in [0.4, 0.5) is 5.82 Å². The Hall–Kier alpha value is -1.16. The van der Waals surface area contributed by atoms with Gasteiger partial charge >= 0.3 is 0 Å². The molecule has 1 aromatic heterocycles. The molecule has 2 fully saturated rings. The SMILES string of the molecule is CC(C)(C)c1nccc(N[C@H]2C[C@H]3CC[C@H]2O3)n1. The molecule has 3 atom stereocenters. The van der Waals surface area contributed by atoms with Gasteiger partial charge in [-0.3, -0.25) is 0 Å². The first kappa shape index (κ1) is 11.9. The van der Waals surface area contributed by atoms with E-state index in [2.05, 4.69) is 36.1 Å². The lowest BCUT2D eigenvalue weighted by molar-refractivity contribution is 0.102. The number of anilines is 1. The number of hydrogen-bond donors (Lipinski definition) is 1. The lowest BCUT2D eigenvalue weighted by atomic mass is 9.95. The molecule has 2 saturated heterocycles. The number of nitrogens with one attached hydrogen (secondary N) is 1. The maximum Gasteiger partial charge on any atom is 0.135 e. The number of nitrogens with zero attached hydrogens (tertiary/aromatic N) is 2. The van der Waals surface area contributed by atoms with Crippen LogP contribution in [-0.4, -0.2) is 28.2 Å². The number of ether oxygens (including phenoxy) is 1. The largest absolute Gasteiger partial charge is 0.373 e. The Morgan fingerprint density at radius 1 is 1.33 bits per heavy atom. The van der Waals surface area contributed by atoms with Crippen LogP contribution in [-0.2, 0) is 10.2 Å². The summed E-state index contributed by atoms with van der Waals surface area (Å²) in [6.07, 6.45) is 6.20. The van der Waals surface area contributed by atoms with Crippen LogP contribution in [0.15, 0.2) is 12.3 Å². The Morgan fingerprint density at radius 3 is 2.78 bits per heavy atom. The summed E-state index contributed by atoms with van der Waals surface area (Å²) in [5, 5.41) is 3.51. The lowest BCUT2D eigenvalue weighted by Gasteiger charge is -2.22. The molecule has 0 saturated carbocycles. The minimum atomic E-state index is -0.0110. The highest BCUT2D eigenvalue weighted by Gasteiger charge is 2.40. The van der Waals surface area contributed by atoms with Crippen LogP contribution in [0.3, 0.4) is 0 Å². The van der Waals surface area contributed by atoms with E-state index in [0.717, 1.165) is 18.1 Å². The molecule has 98 valence electrons. The van der Waals surface area contributed by atoms with Crippen molar-refractivity contribution in [3.8, 4) is 0 Å². The van der Waals surface area contributed by atoms with Crippen molar-refractivity contribution in [1.82, 2.24) is 9.97 Å². The molecule has 0 aromatic carbocycles. The van der Waals surface area contributed by atoms with E-state index in [4.69, 9.17) is 4.74 Å². The molecule has 1 N–H and O–H groups in total. The van der Waals surface area contributed by atoms with Gasteiger partial charge in [0.1, 0.15) is 11.6 Å². The zero-order valence-electron chi connectivity index (χ0n) is 11.3. The van der Waals surface area contributed by atoms with E-state index < -0.39 is 0 Å². The summed E-state index contributed by atoms with van der Waals surface area (Å²) in [4.78, 5) is 8.96.